The Morgan fingerprint density at radius 3 is 2.50 bits per heavy atom. The Balaban J connectivity index is 2.30. The molecule has 0 radical (unpaired) electrons. The predicted molar refractivity (Wildman–Crippen MR) is 99.4 cm³/mol. The molecule has 0 bridgehead atoms. The van der Waals surface area contributed by atoms with Crippen molar-refractivity contribution >= 4 is 15.8 Å². The third-order valence-electron chi connectivity index (χ3n) is 4.05. The number of guanidine groups is 1. The zero-order valence-electron chi connectivity index (χ0n) is 15.5. The van der Waals surface area contributed by atoms with Gasteiger partial charge < -0.3 is 20.3 Å². The third-order valence-corrected chi connectivity index (χ3v) is 4.96. The Morgan fingerprint density at radius 1 is 1.29 bits per heavy atom. The lowest BCUT2D eigenvalue weighted by Crippen LogP contribution is -2.49. The average molecular weight is 363 g/mol. The number of nitrogens with zero attached hydrogens (tertiary/aromatic N) is 2. The highest BCUT2D eigenvalue weighted by molar-refractivity contribution is 7.90. The van der Waals surface area contributed by atoms with Gasteiger partial charge >= 0.3 is 0 Å². The monoisotopic (exact) mass is 362 g/mol. The van der Waals surface area contributed by atoms with Crippen molar-refractivity contribution in [2.45, 2.75) is 45.7 Å². The molecule has 0 atom stereocenters. The lowest BCUT2D eigenvalue weighted by molar-refractivity contribution is 0.156. The van der Waals surface area contributed by atoms with E-state index >= 15 is 0 Å². The Hall–Kier alpha value is -0.860. The van der Waals surface area contributed by atoms with Crippen LogP contribution < -0.4 is 10.6 Å². The van der Waals surface area contributed by atoms with Gasteiger partial charge in [-0.05, 0) is 33.6 Å². The second-order valence-corrected chi connectivity index (χ2v) is 8.81. The van der Waals surface area contributed by atoms with Gasteiger partial charge in [0.2, 0.25) is 0 Å². The van der Waals surface area contributed by atoms with Crippen LogP contribution in [-0.2, 0) is 14.6 Å². The maximum Gasteiger partial charge on any atom is 0.191 e. The number of likely N-dealkylation sites (tertiary alicyclic amines) is 1. The molecule has 8 heteroatoms. The topological polar surface area (TPSA) is 83.0 Å². The summed E-state index contributed by atoms with van der Waals surface area (Å²) in [6.45, 7) is 10.7. The van der Waals surface area contributed by atoms with Crippen LogP contribution >= 0.6 is 0 Å². The van der Waals surface area contributed by atoms with Crippen LogP contribution in [0, 0.1) is 0 Å². The second kappa shape index (κ2) is 10.9. The molecule has 2 N–H and O–H groups in total. The molecule has 0 aliphatic carbocycles. The molecule has 1 aliphatic rings. The number of hydrogen-bond acceptors (Lipinski definition) is 5. The van der Waals surface area contributed by atoms with Gasteiger partial charge in [-0.15, -0.1) is 0 Å². The van der Waals surface area contributed by atoms with Crippen molar-refractivity contribution in [3.05, 3.63) is 0 Å². The molecule has 1 saturated heterocycles. The molecule has 1 aliphatic heterocycles. The molecule has 7 nitrogen and oxygen atoms in total. The molecule has 0 unspecified atom stereocenters. The van der Waals surface area contributed by atoms with E-state index in [9.17, 15) is 8.42 Å². The van der Waals surface area contributed by atoms with Gasteiger partial charge in [0.05, 0.1) is 25.5 Å². The first-order valence-corrected chi connectivity index (χ1v) is 10.9. The van der Waals surface area contributed by atoms with Gasteiger partial charge in [-0.1, -0.05) is 0 Å². The summed E-state index contributed by atoms with van der Waals surface area (Å²) in [7, 11) is -2.96. The molecule has 24 heavy (non-hydrogen) atoms. The summed E-state index contributed by atoms with van der Waals surface area (Å²) in [5, 5.41) is 6.75. The fraction of sp³-hybridized carbons (Fsp3) is 0.938. The van der Waals surface area contributed by atoms with E-state index in [-0.39, 0.29) is 12.4 Å². The third kappa shape index (κ3) is 9.44. The van der Waals surface area contributed by atoms with E-state index in [2.05, 4.69) is 34.4 Å². The maximum absolute atomic E-state index is 11.0. The highest BCUT2D eigenvalue weighted by atomic mass is 32.2. The summed E-state index contributed by atoms with van der Waals surface area (Å²) in [5.41, 5.74) is 0. The van der Waals surface area contributed by atoms with Gasteiger partial charge in [-0.2, -0.15) is 0 Å². The molecule has 1 rings (SSSR count). The molecule has 0 saturated carbocycles. The smallest absolute Gasteiger partial charge is 0.191 e. The van der Waals surface area contributed by atoms with E-state index in [1.165, 1.54) is 6.26 Å². The van der Waals surface area contributed by atoms with E-state index in [1.54, 1.807) is 0 Å². The first-order chi connectivity index (χ1) is 11.3. The van der Waals surface area contributed by atoms with Crippen LogP contribution in [0.1, 0.15) is 33.6 Å². The van der Waals surface area contributed by atoms with E-state index in [4.69, 9.17) is 4.74 Å². The molecule has 142 valence electrons. The molecular weight excluding hydrogens is 328 g/mol. The van der Waals surface area contributed by atoms with Gasteiger partial charge in [0.1, 0.15) is 9.84 Å². The first kappa shape index (κ1) is 21.2. The number of rotatable bonds is 9. The van der Waals surface area contributed by atoms with Crippen LogP contribution in [0.15, 0.2) is 4.99 Å². The van der Waals surface area contributed by atoms with Gasteiger partial charge in [-0.25, -0.2) is 8.42 Å². The summed E-state index contributed by atoms with van der Waals surface area (Å²) in [6.07, 6.45) is 3.45. The standard InChI is InChI=1S/C16H34N4O3S/c1-5-17-16(18-8-11-23-12-13-24(4,21)22)19-15-6-9-20(10-7-15)14(2)3/h14-15H,5-13H2,1-4H3,(H2,17,18,19). The molecule has 0 amide bonds. The van der Waals surface area contributed by atoms with Crippen LogP contribution in [0.3, 0.4) is 0 Å². The molecular formula is C16H34N4O3S. The van der Waals surface area contributed by atoms with Gasteiger partial charge in [0, 0.05) is 38.0 Å². The number of nitrogens with one attached hydrogen (secondary N) is 2. The highest BCUT2D eigenvalue weighted by Crippen LogP contribution is 2.12. The highest BCUT2D eigenvalue weighted by Gasteiger charge is 2.21. The largest absolute Gasteiger partial charge is 0.378 e. The predicted octanol–water partition coefficient (Wildman–Crippen LogP) is 0.476. The number of hydrogen-bond donors (Lipinski definition) is 2. The summed E-state index contributed by atoms with van der Waals surface area (Å²) in [6, 6.07) is 1.06. The Bertz CT molecular complexity index is 472. The summed E-state index contributed by atoms with van der Waals surface area (Å²) in [4.78, 5) is 7.00. The van der Waals surface area contributed by atoms with E-state index < -0.39 is 9.84 Å². The zero-order chi connectivity index (χ0) is 18.0. The minimum absolute atomic E-state index is 0.0590. The number of ether oxygens (including phenoxy) is 1. The SMILES string of the molecule is CCNC(=NCCOCCS(C)(=O)=O)NC1CCN(C(C)C)CC1. The fourth-order valence-corrected chi connectivity index (χ4v) is 3.03. The minimum Gasteiger partial charge on any atom is -0.378 e. The number of sulfone groups is 1. The van der Waals surface area contributed by atoms with Crippen LogP contribution in [-0.4, -0.2) is 82.8 Å². The van der Waals surface area contributed by atoms with Crippen LogP contribution in [0.4, 0.5) is 0 Å². The Labute approximate surface area is 147 Å². The zero-order valence-corrected chi connectivity index (χ0v) is 16.4. The molecule has 0 aromatic rings. The molecule has 1 heterocycles. The van der Waals surface area contributed by atoms with Crippen LogP contribution in [0.2, 0.25) is 0 Å². The van der Waals surface area contributed by atoms with Gasteiger partial charge in [0.15, 0.2) is 5.96 Å². The van der Waals surface area contributed by atoms with Crippen molar-refractivity contribution in [3.63, 3.8) is 0 Å². The summed E-state index contributed by atoms with van der Waals surface area (Å²) in [5.74, 6) is 0.871. The van der Waals surface area contributed by atoms with Crippen molar-refractivity contribution in [3.8, 4) is 0 Å². The van der Waals surface area contributed by atoms with Crippen molar-refractivity contribution in [2.24, 2.45) is 4.99 Å². The van der Waals surface area contributed by atoms with Crippen molar-refractivity contribution in [2.75, 3.05) is 51.4 Å². The molecule has 0 aromatic heterocycles. The minimum atomic E-state index is -2.96. The van der Waals surface area contributed by atoms with Crippen LogP contribution in [0.5, 0.6) is 0 Å². The lowest BCUT2D eigenvalue weighted by Gasteiger charge is -2.35. The van der Waals surface area contributed by atoms with Gasteiger partial charge in [-0.3, -0.25) is 4.99 Å². The second-order valence-electron chi connectivity index (χ2n) is 6.55. The number of piperidine rings is 1. The Kier molecular flexibility index (Phi) is 9.61. The van der Waals surface area contributed by atoms with E-state index in [0.717, 1.165) is 38.4 Å². The van der Waals surface area contributed by atoms with Crippen molar-refractivity contribution in [1.29, 1.82) is 0 Å². The number of aliphatic imine (C=N–C) groups is 1. The van der Waals surface area contributed by atoms with Crippen molar-refractivity contribution < 1.29 is 13.2 Å². The van der Waals surface area contributed by atoms with Crippen molar-refractivity contribution in [1.82, 2.24) is 15.5 Å². The normalized spacial score (nSPS) is 18.1. The lowest BCUT2D eigenvalue weighted by atomic mass is 10.0. The molecule has 0 aromatic carbocycles. The van der Waals surface area contributed by atoms with Crippen LogP contribution in [0.25, 0.3) is 0 Å². The Morgan fingerprint density at radius 2 is 1.96 bits per heavy atom. The molecule has 1 fully saturated rings. The average Bonchev–Trinajstić information content (AvgIpc) is 2.50. The first-order valence-electron chi connectivity index (χ1n) is 8.86. The fourth-order valence-electron chi connectivity index (χ4n) is 2.61. The maximum atomic E-state index is 11.0. The summed E-state index contributed by atoms with van der Waals surface area (Å²) >= 11 is 0. The quantitative estimate of drug-likeness (QED) is 0.353. The summed E-state index contributed by atoms with van der Waals surface area (Å²) < 4.78 is 27.3. The van der Waals surface area contributed by atoms with E-state index in [1.807, 2.05) is 6.92 Å². The van der Waals surface area contributed by atoms with Gasteiger partial charge in [0.25, 0.3) is 0 Å². The molecule has 0 spiro atoms. The van der Waals surface area contributed by atoms with E-state index in [0.29, 0.717) is 25.2 Å².